The predicted molar refractivity (Wildman–Crippen MR) is 60.2 cm³/mol. The molecule has 0 saturated carbocycles. The van der Waals surface area contributed by atoms with Crippen molar-refractivity contribution < 1.29 is 9.84 Å². The summed E-state index contributed by atoms with van der Waals surface area (Å²) in [7, 11) is 0. The standard InChI is InChI=1S/C13H18O2/c1-13(2,3)9-4-5-10-11(14)6-7-15-12(10)8-9/h4-5,8,11,14H,6-7H2,1-3H3/t11-/m1/s1. The zero-order valence-electron chi connectivity index (χ0n) is 9.58. The van der Waals surface area contributed by atoms with Crippen LogP contribution in [-0.2, 0) is 5.41 Å². The molecule has 0 bridgehead atoms. The quantitative estimate of drug-likeness (QED) is 0.707. The molecule has 1 aromatic carbocycles. The van der Waals surface area contributed by atoms with Gasteiger partial charge in [-0.05, 0) is 17.0 Å². The molecular formula is C13H18O2. The molecule has 1 atom stereocenters. The van der Waals surface area contributed by atoms with Crippen LogP contribution in [0.4, 0.5) is 0 Å². The van der Waals surface area contributed by atoms with Gasteiger partial charge in [-0.3, -0.25) is 0 Å². The van der Waals surface area contributed by atoms with Crippen LogP contribution in [0.25, 0.3) is 0 Å². The fraction of sp³-hybridized carbons (Fsp3) is 0.538. The van der Waals surface area contributed by atoms with E-state index >= 15 is 0 Å². The van der Waals surface area contributed by atoms with Gasteiger partial charge < -0.3 is 9.84 Å². The maximum Gasteiger partial charge on any atom is 0.125 e. The van der Waals surface area contributed by atoms with Crippen LogP contribution < -0.4 is 4.74 Å². The fourth-order valence-electron chi connectivity index (χ4n) is 1.84. The summed E-state index contributed by atoms with van der Waals surface area (Å²) >= 11 is 0. The van der Waals surface area contributed by atoms with Crippen LogP contribution in [0.2, 0.25) is 0 Å². The van der Waals surface area contributed by atoms with Crippen LogP contribution in [0, 0.1) is 0 Å². The van der Waals surface area contributed by atoms with Crippen molar-refractivity contribution in [3.8, 4) is 5.75 Å². The van der Waals surface area contributed by atoms with Crippen molar-refractivity contribution >= 4 is 0 Å². The summed E-state index contributed by atoms with van der Waals surface area (Å²) in [5.74, 6) is 0.848. The minimum absolute atomic E-state index is 0.126. The second-order valence-electron chi connectivity index (χ2n) is 5.16. The Kier molecular flexibility index (Phi) is 2.47. The largest absolute Gasteiger partial charge is 0.493 e. The minimum Gasteiger partial charge on any atom is -0.493 e. The molecule has 0 aliphatic carbocycles. The third-order valence-corrected chi connectivity index (χ3v) is 2.89. The van der Waals surface area contributed by atoms with Crippen molar-refractivity contribution in [3.05, 3.63) is 29.3 Å². The van der Waals surface area contributed by atoms with Gasteiger partial charge in [-0.25, -0.2) is 0 Å². The second kappa shape index (κ2) is 3.53. The van der Waals surface area contributed by atoms with Crippen LogP contribution in [0.15, 0.2) is 18.2 Å². The zero-order valence-corrected chi connectivity index (χ0v) is 9.58. The van der Waals surface area contributed by atoms with E-state index in [9.17, 15) is 5.11 Å². The molecule has 0 unspecified atom stereocenters. The zero-order chi connectivity index (χ0) is 11.1. The van der Waals surface area contributed by atoms with Crippen molar-refractivity contribution in [2.75, 3.05) is 6.61 Å². The molecule has 82 valence electrons. The fourth-order valence-corrected chi connectivity index (χ4v) is 1.84. The molecule has 0 radical (unpaired) electrons. The molecule has 0 aromatic heterocycles. The van der Waals surface area contributed by atoms with E-state index in [1.165, 1.54) is 5.56 Å². The van der Waals surface area contributed by atoms with Crippen LogP contribution in [0.5, 0.6) is 5.75 Å². The van der Waals surface area contributed by atoms with Gasteiger partial charge in [0, 0.05) is 12.0 Å². The number of benzene rings is 1. The highest BCUT2D eigenvalue weighted by Gasteiger charge is 2.22. The van der Waals surface area contributed by atoms with Crippen molar-refractivity contribution in [1.82, 2.24) is 0 Å². The lowest BCUT2D eigenvalue weighted by Crippen LogP contribution is -2.16. The van der Waals surface area contributed by atoms with Gasteiger partial charge in [0.05, 0.1) is 12.7 Å². The molecule has 2 nitrogen and oxygen atoms in total. The van der Waals surface area contributed by atoms with Crippen LogP contribution >= 0.6 is 0 Å². The Bertz CT molecular complexity index is 363. The van der Waals surface area contributed by atoms with Gasteiger partial charge in [-0.15, -0.1) is 0 Å². The predicted octanol–water partition coefficient (Wildman–Crippen LogP) is 2.80. The van der Waals surface area contributed by atoms with Crippen LogP contribution in [0.1, 0.15) is 44.4 Å². The summed E-state index contributed by atoms with van der Waals surface area (Å²) in [5.41, 5.74) is 2.30. The lowest BCUT2D eigenvalue weighted by molar-refractivity contribution is 0.115. The Balaban J connectivity index is 2.42. The third kappa shape index (κ3) is 2.00. The molecule has 1 aliphatic rings. The maximum atomic E-state index is 9.78. The summed E-state index contributed by atoms with van der Waals surface area (Å²) < 4.78 is 5.57. The Morgan fingerprint density at radius 3 is 2.73 bits per heavy atom. The Hall–Kier alpha value is -1.02. The van der Waals surface area contributed by atoms with Crippen molar-refractivity contribution in [1.29, 1.82) is 0 Å². The highest BCUT2D eigenvalue weighted by Crippen LogP contribution is 2.35. The van der Waals surface area contributed by atoms with Gasteiger partial charge in [-0.2, -0.15) is 0 Å². The topological polar surface area (TPSA) is 29.5 Å². The van der Waals surface area contributed by atoms with E-state index in [0.29, 0.717) is 13.0 Å². The van der Waals surface area contributed by atoms with Gasteiger partial charge in [0.2, 0.25) is 0 Å². The summed E-state index contributed by atoms with van der Waals surface area (Å²) in [6.07, 6.45) is 0.338. The van der Waals surface area contributed by atoms with Crippen molar-refractivity contribution in [2.45, 2.75) is 38.7 Å². The first-order chi connectivity index (χ1) is 6.98. The van der Waals surface area contributed by atoms with E-state index < -0.39 is 0 Å². The van der Waals surface area contributed by atoms with Gasteiger partial charge in [0.25, 0.3) is 0 Å². The summed E-state index contributed by atoms with van der Waals surface area (Å²) in [6.45, 7) is 7.14. The number of aliphatic hydroxyl groups is 1. The van der Waals surface area contributed by atoms with Gasteiger partial charge in [-0.1, -0.05) is 32.9 Å². The SMILES string of the molecule is CC(C)(C)c1ccc2c(c1)OCC[C@H]2O. The second-order valence-corrected chi connectivity index (χ2v) is 5.16. The van der Waals surface area contributed by atoms with Crippen molar-refractivity contribution in [3.63, 3.8) is 0 Å². The Morgan fingerprint density at radius 1 is 1.33 bits per heavy atom. The molecular weight excluding hydrogens is 188 g/mol. The van der Waals surface area contributed by atoms with E-state index in [0.717, 1.165) is 11.3 Å². The smallest absolute Gasteiger partial charge is 0.125 e. The number of aliphatic hydroxyl groups excluding tert-OH is 1. The average molecular weight is 206 g/mol. The Labute approximate surface area is 90.9 Å². The van der Waals surface area contributed by atoms with E-state index in [1.807, 2.05) is 6.07 Å². The van der Waals surface area contributed by atoms with Gasteiger partial charge >= 0.3 is 0 Å². The highest BCUT2D eigenvalue weighted by atomic mass is 16.5. The first-order valence-electron chi connectivity index (χ1n) is 5.44. The van der Waals surface area contributed by atoms with E-state index in [1.54, 1.807) is 0 Å². The molecule has 0 fully saturated rings. The number of fused-ring (bicyclic) bond motifs is 1. The highest BCUT2D eigenvalue weighted by molar-refractivity contribution is 5.42. The molecule has 0 spiro atoms. The minimum atomic E-state index is -0.359. The summed E-state index contributed by atoms with van der Waals surface area (Å²) in [6, 6.07) is 6.12. The molecule has 0 saturated heterocycles. The number of hydrogen-bond acceptors (Lipinski definition) is 2. The molecule has 2 heteroatoms. The van der Waals surface area contributed by atoms with Gasteiger partial charge in [0.15, 0.2) is 0 Å². The van der Waals surface area contributed by atoms with E-state index in [2.05, 4.69) is 32.9 Å². The number of ether oxygens (including phenoxy) is 1. The molecule has 0 amide bonds. The lowest BCUT2D eigenvalue weighted by atomic mass is 9.85. The molecule has 1 heterocycles. The van der Waals surface area contributed by atoms with Gasteiger partial charge in [0.1, 0.15) is 5.75 Å². The van der Waals surface area contributed by atoms with Crippen LogP contribution in [-0.4, -0.2) is 11.7 Å². The normalized spacial score (nSPS) is 20.7. The van der Waals surface area contributed by atoms with E-state index in [-0.39, 0.29) is 11.5 Å². The first kappa shape index (κ1) is 10.5. The number of rotatable bonds is 0. The summed E-state index contributed by atoms with van der Waals surface area (Å²) in [5, 5.41) is 9.78. The monoisotopic (exact) mass is 206 g/mol. The molecule has 15 heavy (non-hydrogen) atoms. The van der Waals surface area contributed by atoms with Crippen LogP contribution in [0.3, 0.4) is 0 Å². The first-order valence-corrected chi connectivity index (χ1v) is 5.44. The molecule has 1 N–H and O–H groups in total. The molecule has 1 aromatic rings. The lowest BCUT2D eigenvalue weighted by Gasteiger charge is -2.26. The molecule has 1 aliphatic heterocycles. The number of hydrogen-bond donors (Lipinski definition) is 1. The average Bonchev–Trinajstić information content (AvgIpc) is 2.16. The van der Waals surface area contributed by atoms with Crippen molar-refractivity contribution in [2.24, 2.45) is 0 Å². The third-order valence-electron chi connectivity index (χ3n) is 2.89. The Morgan fingerprint density at radius 2 is 2.07 bits per heavy atom. The summed E-state index contributed by atoms with van der Waals surface area (Å²) in [4.78, 5) is 0. The molecule has 2 rings (SSSR count). The van der Waals surface area contributed by atoms with E-state index in [4.69, 9.17) is 4.74 Å². The maximum absolute atomic E-state index is 9.78.